The number of nitrogens with zero attached hydrogens (tertiary/aromatic N) is 4. The maximum Gasteiger partial charge on any atom is 0.312 e. The van der Waals surface area contributed by atoms with Crippen molar-refractivity contribution in [3.05, 3.63) is 24.3 Å². The van der Waals surface area contributed by atoms with Gasteiger partial charge in [-0.15, -0.1) is 0 Å². The minimum Gasteiger partial charge on any atom is -0.481 e. The van der Waals surface area contributed by atoms with Crippen molar-refractivity contribution < 1.29 is 9.90 Å². The van der Waals surface area contributed by atoms with E-state index in [2.05, 4.69) is 19.8 Å². The summed E-state index contributed by atoms with van der Waals surface area (Å²) in [6.45, 7) is 3.75. The summed E-state index contributed by atoms with van der Waals surface area (Å²) in [5.41, 5.74) is -0.605. The van der Waals surface area contributed by atoms with E-state index >= 15 is 0 Å². The molecule has 2 atom stereocenters. The van der Waals surface area contributed by atoms with Crippen LogP contribution in [0.25, 0.3) is 0 Å². The van der Waals surface area contributed by atoms with E-state index in [1.165, 1.54) is 32.1 Å². The van der Waals surface area contributed by atoms with E-state index in [0.29, 0.717) is 25.7 Å². The Bertz CT molecular complexity index is 590. The molecule has 6 nitrogen and oxygen atoms in total. The van der Waals surface area contributed by atoms with Crippen LogP contribution in [-0.2, 0) is 11.3 Å². The van der Waals surface area contributed by atoms with Gasteiger partial charge in [-0.25, -0.2) is 9.97 Å². The number of likely N-dealkylation sites (tertiary alicyclic amines) is 2. The Hall–Kier alpha value is -1.53. The third kappa shape index (κ3) is 2.82. The molecule has 1 saturated carbocycles. The second-order valence-electron chi connectivity index (χ2n) is 7.71. The van der Waals surface area contributed by atoms with Gasteiger partial charge >= 0.3 is 5.97 Å². The van der Waals surface area contributed by atoms with Crippen LogP contribution in [0.4, 0.5) is 0 Å². The molecule has 6 heteroatoms. The molecule has 1 aromatic rings. The predicted octanol–water partition coefficient (Wildman–Crippen LogP) is 1.63. The Morgan fingerprint density at radius 2 is 1.92 bits per heavy atom. The van der Waals surface area contributed by atoms with E-state index in [1.54, 1.807) is 12.4 Å². The van der Waals surface area contributed by atoms with Gasteiger partial charge in [0.15, 0.2) is 0 Å². The summed E-state index contributed by atoms with van der Waals surface area (Å²) < 4.78 is 0. The highest BCUT2D eigenvalue weighted by Crippen LogP contribution is 2.45. The maximum absolute atomic E-state index is 12.1. The van der Waals surface area contributed by atoms with Crippen molar-refractivity contribution in [1.82, 2.24) is 19.8 Å². The summed E-state index contributed by atoms with van der Waals surface area (Å²) >= 11 is 0. The number of fused-ring (bicyclic) bond motifs is 1. The van der Waals surface area contributed by atoms with Gasteiger partial charge in [0.2, 0.25) is 0 Å². The first-order valence-electron chi connectivity index (χ1n) is 9.13. The summed E-state index contributed by atoms with van der Waals surface area (Å²) in [6, 6.07) is 2.41. The number of carbonyl (C=O) groups is 1. The lowest BCUT2D eigenvalue weighted by Gasteiger charge is -2.33. The predicted molar refractivity (Wildman–Crippen MR) is 89.3 cm³/mol. The molecule has 1 aromatic heterocycles. The zero-order valence-electron chi connectivity index (χ0n) is 14.1. The van der Waals surface area contributed by atoms with Crippen LogP contribution in [0.15, 0.2) is 18.5 Å². The summed E-state index contributed by atoms with van der Waals surface area (Å²) in [5.74, 6) is 0.380. The van der Waals surface area contributed by atoms with Gasteiger partial charge in [0, 0.05) is 50.5 Å². The molecule has 0 unspecified atom stereocenters. The van der Waals surface area contributed by atoms with Crippen molar-refractivity contribution in [1.29, 1.82) is 0 Å². The fourth-order valence-electron chi connectivity index (χ4n) is 4.97. The molecule has 1 aliphatic carbocycles. The zero-order valence-corrected chi connectivity index (χ0v) is 14.1. The topological polar surface area (TPSA) is 69.6 Å². The molecule has 0 spiro atoms. The zero-order chi connectivity index (χ0) is 16.6. The molecule has 3 fully saturated rings. The fraction of sp³-hybridized carbons (Fsp3) is 0.722. The second-order valence-corrected chi connectivity index (χ2v) is 7.71. The van der Waals surface area contributed by atoms with Crippen LogP contribution in [0.2, 0.25) is 0 Å². The molecular formula is C18H26N4O2. The molecule has 1 N–H and O–H groups in total. The van der Waals surface area contributed by atoms with E-state index in [-0.39, 0.29) is 5.92 Å². The van der Waals surface area contributed by atoms with Gasteiger partial charge < -0.3 is 5.11 Å². The van der Waals surface area contributed by atoms with Crippen molar-refractivity contribution in [2.24, 2.45) is 11.3 Å². The SMILES string of the molecule is O=C(O)[C@@]12CN(Cc3ncccn3)C[C@@H]1CN(C1CCCCC1)C2. The molecule has 24 heavy (non-hydrogen) atoms. The third-order valence-electron chi connectivity index (χ3n) is 6.21. The maximum atomic E-state index is 12.1. The Morgan fingerprint density at radius 1 is 1.17 bits per heavy atom. The fourth-order valence-corrected chi connectivity index (χ4v) is 4.97. The minimum atomic E-state index is -0.623. The monoisotopic (exact) mass is 330 g/mol. The van der Waals surface area contributed by atoms with Crippen LogP contribution in [-0.4, -0.2) is 63.1 Å². The van der Waals surface area contributed by atoms with Crippen molar-refractivity contribution >= 4 is 5.97 Å². The summed E-state index contributed by atoms with van der Waals surface area (Å²) in [4.78, 5) is 25.4. The Morgan fingerprint density at radius 3 is 2.58 bits per heavy atom. The molecule has 3 aliphatic rings. The van der Waals surface area contributed by atoms with E-state index < -0.39 is 11.4 Å². The van der Waals surface area contributed by atoms with Gasteiger partial charge in [-0.05, 0) is 18.9 Å². The average molecular weight is 330 g/mol. The lowest BCUT2D eigenvalue weighted by molar-refractivity contribution is -0.149. The van der Waals surface area contributed by atoms with E-state index in [4.69, 9.17) is 0 Å². The normalized spacial score (nSPS) is 32.1. The first-order chi connectivity index (χ1) is 11.7. The number of carboxylic acids is 1. The Labute approximate surface area is 142 Å². The van der Waals surface area contributed by atoms with Crippen molar-refractivity contribution in [2.75, 3.05) is 26.2 Å². The van der Waals surface area contributed by atoms with E-state index in [9.17, 15) is 9.90 Å². The summed E-state index contributed by atoms with van der Waals surface area (Å²) in [5, 5.41) is 9.99. The molecule has 130 valence electrons. The lowest BCUT2D eigenvalue weighted by Crippen LogP contribution is -2.43. The number of hydrogen-bond acceptors (Lipinski definition) is 5. The van der Waals surface area contributed by atoms with Crippen LogP contribution in [0.3, 0.4) is 0 Å². The van der Waals surface area contributed by atoms with Crippen molar-refractivity contribution in [3.63, 3.8) is 0 Å². The molecule has 3 heterocycles. The standard InChI is InChI=1S/C18H26N4O2/c23-17(24)18-12-21(11-16-19-7-4-8-20-16)9-14(18)10-22(13-18)15-5-2-1-3-6-15/h4,7-8,14-15H,1-3,5-6,9-13H2,(H,23,24)/t14-,18-/m1/s1. The first kappa shape index (κ1) is 16.0. The lowest BCUT2D eigenvalue weighted by atomic mass is 9.81. The largest absolute Gasteiger partial charge is 0.481 e. The second kappa shape index (κ2) is 6.41. The molecule has 0 amide bonds. The highest BCUT2D eigenvalue weighted by molar-refractivity contribution is 5.77. The number of carboxylic acid groups (broad SMARTS) is 1. The number of hydrogen-bond donors (Lipinski definition) is 1. The van der Waals surface area contributed by atoms with Crippen LogP contribution in [0.1, 0.15) is 37.9 Å². The highest BCUT2D eigenvalue weighted by atomic mass is 16.4. The summed E-state index contributed by atoms with van der Waals surface area (Å²) in [6.07, 6.45) is 9.90. The van der Waals surface area contributed by atoms with Crippen molar-refractivity contribution in [3.8, 4) is 0 Å². The Kier molecular flexibility index (Phi) is 4.26. The van der Waals surface area contributed by atoms with Crippen LogP contribution >= 0.6 is 0 Å². The smallest absolute Gasteiger partial charge is 0.312 e. The molecule has 0 radical (unpaired) electrons. The van der Waals surface area contributed by atoms with Gasteiger partial charge in [-0.1, -0.05) is 19.3 Å². The van der Waals surface area contributed by atoms with Crippen LogP contribution < -0.4 is 0 Å². The highest BCUT2D eigenvalue weighted by Gasteiger charge is 2.58. The number of aromatic nitrogens is 2. The molecule has 2 saturated heterocycles. The molecule has 0 aromatic carbocycles. The average Bonchev–Trinajstić information content (AvgIpc) is 3.11. The van der Waals surface area contributed by atoms with Crippen LogP contribution in [0.5, 0.6) is 0 Å². The van der Waals surface area contributed by atoms with Gasteiger partial charge in [0.05, 0.1) is 12.0 Å². The van der Waals surface area contributed by atoms with Gasteiger partial charge in [-0.2, -0.15) is 0 Å². The van der Waals surface area contributed by atoms with Crippen molar-refractivity contribution in [2.45, 2.75) is 44.7 Å². The summed E-state index contributed by atoms with van der Waals surface area (Å²) in [7, 11) is 0. The molecule has 2 aliphatic heterocycles. The third-order valence-corrected chi connectivity index (χ3v) is 6.21. The quantitative estimate of drug-likeness (QED) is 0.905. The first-order valence-corrected chi connectivity index (χ1v) is 9.13. The number of aliphatic carboxylic acids is 1. The molecule has 4 rings (SSSR count). The van der Waals surface area contributed by atoms with Gasteiger partial charge in [0.25, 0.3) is 0 Å². The van der Waals surface area contributed by atoms with E-state index in [0.717, 1.165) is 18.9 Å². The van der Waals surface area contributed by atoms with Gasteiger partial charge in [0.1, 0.15) is 5.82 Å². The van der Waals surface area contributed by atoms with E-state index in [1.807, 2.05) is 6.07 Å². The van der Waals surface area contributed by atoms with Gasteiger partial charge in [-0.3, -0.25) is 14.6 Å². The number of rotatable bonds is 4. The van der Waals surface area contributed by atoms with Crippen LogP contribution in [0, 0.1) is 11.3 Å². The minimum absolute atomic E-state index is 0.223. The molecule has 0 bridgehead atoms. The molecular weight excluding hydrogens is 304 g/mol. The Balaban J connectivity index is 1.46.